The fourth-order valence-corrected chi connectivity index (χ4v) is 7.70. The Bertz CT molecular complexity index is 2350. The van der Waals surface area contributed by atoms with Gasteiger partial charge in [0.2, 0.25) is 0 Å². The number of aromatic hydroxyl groups is 1. The summed E-state index contributed by atoms with van der Waals surface area (Å²) < 4.78 is 50.2. The number of nitrogens with zero attached hydrogens (tertiary/aromatic N) is 2. The van der Waals surface area contributed by atoms with Gasteiger partial charge in [-0.15, -0.1) is 0 Å². The lowest BCUT2D eigenvalue weighted by molar-refractivity contribution is -0.115. The minimum absolute atomic E-state index is 0.0479. The second-order valence-corrected chi connectivity index (χ2v) is 15.8. The van der Waals surface area contributed by atoms with Gasteiger partial charge in [0.15, 0.2) is 34.5 Å². The first kappa shape index (κ1) is 41.6. The van der Waals surface area contributed by atoms with Crippen molar-refractivity contribution in [1.29, 1.82) is 0 Å². The summed E-state index contributed by atoms with van der Waals surface area (Å²) in [6, 6.07) is 14.6. The van der Waals surface area contributed by atoms with Crippen LogP contribution >= 0.6 is 63.7 Å². The molecule has 8 rings (SSSR count). The van der Waals surface area contributed by atoms with Gasteiger partial charge in [0.05, 0.1) is 17.9 Å². The van der Waals surface area contributed by atoms with Crippen LogP contribution in [0.1, 0.15) is 28.4 Å². The summed E-state index contributed by atoms with van der Waals surface area (Å²) in [5.41, 5.74) is 0.634. The molecule has 0 spiro atoms. The first-order valence-corrected chi connectivity index (χ1v) is 19.9. The average Bonchev–Trinajstić information content (AvgIpc) is 3.11. The Morgan fingerprint density at radius 1 is 0.800 bits per heavy atom. The van der Waals surface area contributed by atoms with E-state index in [1.165, 1.54) is 60.8 Å². The second-order valence-electron chi connectivity index (χ2n) is 11.3. The third-order valence-electron chi connectivity index (χ3n) is 7.56. The zero-order valence-electron chi connectivity index (χ0n) is 27.5. The van der Waals surface area contributed by atoms with Gasteiger partial charge in [0.25, 0.3) is 11.8 Å². The van der Waals surface area contributed by atoms with Crippen molar-refractivity contribution in [2.24, 2.45) is 10.3 Å². The quantitative estimate of drug-likeness (QED) is 0.0616. The number of nitrogens with one attached hydrogen (secondary N) is 2. The predicted molar refractivity (Wildman–Crippen MR) is 212 cm³/mol. The van der Waals surface area contributed by atoms with E-state index in [0.29, 0.717) is 21.2 Å². The smallest absolute Gasteiger partial charge is 0.446 e. The molecule has 55 heavy (non-hydrogen) atoms. The van der Waals surface area contributed by atoms with E-state index in [1.54, 1.807) is 12.1 Å². The number of halogens is 4. The Labute approximate surface area is 346 Å². The third-order valence-corrected chi connectivity index (χ3v) is 10.4. The molecule has 7 N–H and O–H groups in total. The molecule has 21 heteroatoms. The summed E-state index contributed by atoms with van der Waals surface area (Å²) in [5, 5.41) is 52.5. The van der Waals surface area contributed by atoms with Crippen LogP contribution in [0.15, 0.2) is 95.1 Å². The number of hydrogen-bond donors (Lipinski definition) is 7. The molecular weight excluding hydrogens is 1010 g/mol. The van der Waals surface area contributed by atoms with Crippen LogP contribution < -0.4 is 24.3 Å². The number of aliphatic hydroxyl groups excluding tert-OH is 1. The number of phenolic OH excluding ortho intramolecular Hbond substituents is 1. The lowest BCUT2D eigenvalue weighted by Crippen LogP contribution is -2.36. The number of hydrogen-bond acceptors (Lipinski definition) is 13. The maximum Gasteiger partial charge on any atom is 0.446 e. The number of carbonyl (C=O) groups is 2. The Kier molecular flexibility index (Phi) is 13.6. The highest BCUT2D eigenvalue weighted by atomic mass is 79.9. The highest BCUT2D eigenvalue weighted by Crippen LogP contribution is 2.44. The predicted octanol–water partition coefficient (Wildman–Crippen LogP) is 6.90. The van der Waals surface area contributed by atoms with Gasteiger partial charge >= 0.3 is 10.4 Å². The number of carbonyl (C=O) groups excluding carboxylic acids is 2. The molecule has 1 atom stereocenters. The third kappa shape index (κ3) is 10.6. The Morgan fingerprint density at radius 2 is 1.51 bits per heavy atom. The molecular formula is C34H26Br4N4O12S. The number of oxime groups is 2. The topological polar surface area (TPSA) is 246 Å². The standard InChI is InChI=1S/C34H26Br4N4O12S/c35-20-9-16-1-3-25(20)52-27-12-17(2-4-26(27)54-55(49,50)51)6-8-40-34(46)29(42-48)30(43)19-14-22(37)32(23(38)15-19)53-28-13-18(10-21(36)31(28)44)11-24(41-47)33(45)39-7-5-16/h1-5,7,9-10,12-15,30,43-44,47-48H,6,8,11H2,(H,39,45)(H,40,46)(H,49,50,51)/t30-/m0/s1. The molecule has 0 saturated carbocycles. The van der Waals surface area contributed by atoms with E-state index in [2.05, 4.69) is 84.7 Å². The molecule has 0 saturated heterocycles. The molecule has 4 aliphatic heterocycles. The van der Waals surface area contributed by atoms with Crippen molar-refractivity contribution in [2.75, 3.05) is 6.54 Å². The summed E-state index contributed by atoms with van der Waals surface area (Å²) in [5.74, 6) is -2.16. The Balaban J connectivity index is 1.53. The molecule has 4 heterocycles. The molecule has 8 bridgehead atoms. The van der Waals surface area contributed by atoms with Crippen molar-refractivity contribution in [1.82, 2.24) is 10.6 Å². The second kappa shape index (κ2) is 18.0. The van der Waals surface area contributed by atoms with Crippen molar-refractivity contribution in [3.05, 3.63) is 107 Å². The zero-order chi connectivity index (χ0) is 40.0. The lowest BCUT2D eigenvalue weighted by Gasteiger charge is -2.17. The summed E-state index contributed by atoms with van der Waals surface area (Å²) in [6.45, 7) is -0.0479. The molecule has 0 radical (unpaired) electrons. The summed E-state index contributed by atoms with van der Waals surface area (Å²) >= 11 is 13.4. The maximum absolute atomic E-state index is 13.1. The maximum atomic E-state index is 13.1. The van der Waals surface area contributed by atoms with Gasteiger partial charge < -0.3 is 44.9 Å². The molecule has 4 aromatic rings. The van der Waals surface area contributed by atoms with Gasteiger partial charge in [0, 0.05) is 19.2 Å². The summed E-state index contributed by atoms with van der Waals surface area (Å²) in [4.78, 5) is 26.0. The number of phenols is 1. The molecule has 16 nitrogen and oxygen atoms in total. The normalized spacial score (nSPS) is 17.2. The van der Waals surface area contributed by atoms with Gasteiger partial charge in [-0.3, -0.25) is 14.1 Å². The van der Waals surface area contributed by atoms with Crippen LogP contribution in [0.25, 0.3) is 6.08 Å². The largest absolute Gasteiger partial charge is 0.503 e. The fraction of sp³-hybridized carbons (Fsp3) is 0.118. The van der Waals surface area contributed by atoms with E-state index in [9.17, 15) is 43.2 Å². The molecule has 288 valence electrons. The lowest BCUT2D eigenvalue weighted by atomic mass is 10.0. The van der Waals surface area contributed by atoms with Crippen molar-refractivity contribution >= 4 is 103 Å². The van der Waals surface area contributed by atoms with Crippen molar-refractivity contribution < 1.29 is 56.8 Å². The van der Waals surface area contributed by atoms with Crippen LogP contribution in [0.3, 0.4) is 0 Å². The SMILES string of the molecule is O=C1NC=Cc2ccc(c(Br)c2)Oc2cc(ccc2OS(=O)(=O)O)CCNC(=O)C(=NO)[C@@H](O)c2cc(Br)c(c(Br)c2)Oc2cc(cc(Br)c2O)CC1=NO. The van der Waals surface area contributed by atoms with E-state index in [-0.39, 0.29) is 78.6 Å². The van der Waals surface area contributed by atoms with Gasteiger partial charge in [-0.05, 0) is 147 Å². The molecule has 4 aromatic carbocycles. The summed E-state index contributed by atoms with van der Waals surface area (Å²) in [6.07, 6.45) is 1.05. The van der Waals surface area contributed by atoms with Crippen molar-refractivity contribution in [2.45, 2.75) is 18.9 Å². The van der Waals surface area contributed by atoms with Crippen LogP contribution in [-0.4, -0.2) is 63.4 Å². The van der Waals surface area contributed by atoms with Gasteiger partial charge in [-0.1, -0.05) is 22.4 Å². The minimum Gasteiger partial charge on any atom is -0.503 e. The highest BCUT2D eigenvalue weighted by Gasteiger charge is 2.26. The van der Waals surface area contributed by atoms with Crippen LogP contribution in [0.2, 0.25) is 0 Å². The first-order chi connectivity index (χ1) is 26.1. The van der Waals surface area contributed by atoms with Gasteiger partial charge in [-0.25, -0.2) is 0 Å². The zero-order valence-corrected chi connectivity index (χ0v) is 34.7. The minimum atomic E-state index is -4.95. The van der Waals surface area contributed by atoms with E-state index in [4.69, 9.17) is 13.7 Å². The Morgan fingerprint density at radius 3 is 2.16 bits per heavy atom. The summed E-state index contributed by atoms with van der Waals surface area (Å²) in [7, 11) is -4.95. The highest BCUT2D eigenvalue weighted by molar-refractivity contribution is 9.11. The van der Waals surface area contributed by atoms with E-state index >= 15 is 0 Å². The van der Waals surface area contributed by atoms with E-state index in [0.717, 1.165) is 0 Å². The molecule has 4 aliphatic rings. The van der Waals surface area contributed by atoms with Crippen LogP contribution in [0, 0.1) is 0 Å². The van der Waals surface area contributed by atoms with Crippen LogP contribution in [-0.2, 0) is 32.8 Å². The van der Waals surface area contributed by atoms with Gasteiger partial charge in [-0.2, -0.15) is 8.42 Å². The number of amides is 2. The van der Waals surface area contributed by atoms with Crippen LogP contribution in [0.4, 0.5) is 0 Å². The number of aliphatic hydroxyl groups is 1. The molecule has 2 amide bonds. The number of rotatable bonds is 2. The fourth-order valence-electron chi connectivity index (χ4n) is 4.99. The number of benzene rings is 4. The molecule has 0 fully saturated rings. The molecule has 0 aromatic heterocycles. The Hall–Kier alpha value is -4.51. The first-order valence-electron chi connectivity index (χ1n) is 15.4. The molecule has 0 aliphatic carbocycles. The van der Waals surface area contributed by atoms with E-state index in [1.807, 2.05) is 0 Å². The average molecular weight is 1030 g/mol. The number of ether oxygens (including phenoxy) is 2. The van der Waals surface area contributed by atoms with Crippen molar-refractivity contribution in [3.8, 4) is 34.5 Å². The van der Waals surface area contributed by atoms with E-state index < -0.39 is 34.0 Å². The van der Waals surface area contributed by atoms with Crippen LogP contribution in [0.5, 0.6) is 34.5 Å². The van der Waals surface area contributed by atoms with Crippen molar-refractivity contribution in [3.63, 3.8) is 0 Å². The van der Waals surface area contributed by atoms with Gasteiger partial charge in [0.1, 0.15) is 17.6 Å². The monoisotopic (exact) mass is 1030 g/mol. The molecule has 0 unspecified atom stereocenters.